The molecular formula is C22H23N3O3. The third-order valence-electron chi connectivity index (χ3n) is 5.07. The van der Waals surface area contributed by atoms with E-state index in [1.165, 1.54) is 0 Å². The number of ether oxygens (including phenoxy) is 3. The molecule has 0 bridgehead atoms. The molecule has 6 nitrogen and oxygen atoms in total. The molecule has 144 valence electrons. The van der Waals surface area contributed by atoms with Crippen molar-refractivity contribution in [2.45, 2.75) is 13.8 Å². The highest BCUT2D eigenvalue weighted by atomic mass is 16.5. The van der Waals surface area contributed by atoms with E-state index in [0.29, 0.717) is 11.5 Å². The minimum atomic E-state index is 0.683. The number of methoxy groups -OCH3 is 3. The molecule has 0 aliphatic heterocycles. The van der Waals surface area contributed by atoms with Crippen molar-refractivity contribution >= 4 is 5.65 Å². The predicted molar refractivity (Wildman–Crippen MR) is 110 cm³/mol. The van der Waals surface area contributed by atoms with Crippen LogP contribution in [0.3, 0.4) is 0 Å². The second kappa shape index (κ2) is 6.96. The highest BCUT2D eigenvalue weighted by molar-refractivity contribution is 5.78. The van der Waals surface area contributed by atoms with Gasteiger partial charge in [0.25, 0.3) is 0 Å². The molecule has 4 rings (SSSR count). The van der Waals surface area contributed by atoms with E-state index in [4.69, 9.17) is 19.2 Å². The van der Waals surface area contributed by atoms with E-state index in [0.717, 1.165) is 45.2 Å². The Morgan fingerprint density at radius 1 is 0.857 bits per heavy atom. The van der Waals surface area contributed by atoms with E-state index in [9.17, 15) is 0 Å². The van der Waals surface area contributed by atoms with E-state index in [1.54, 1.807) is 21.3 Å². The van der Waals surface area contributed by atoms with Gasteiger partial charge >= 0.3 is 0 Å². The lowest BCUT2D eigenvalue weighted by molar-refractivity contribution is 0.355. The molecule has 2 heterocycles. The van der Waals surface area contributed by atoms with Crippen LogP contribution >= 0.6 is 0 Å². The first kappa shape index (κ1) is 18.0. The predicted octanol–water partition coefficient (Wildman–Crippen LogP) is 4.64. The van der Waals surface area contributed by atoms with Gasteiger partial charge in [0.15, 0.2) is 17.1 Å². The standard InChI is InChI=1S/C22H23N3O3/c1-13-20(16-8-6-7-9-17(16)26-3)24-25-14(2)21(23-22(13)25)15-10-11-18(27-4)19(12-15)28-5/h6-12,24H,1-5H3. The fourth-order valence-corrected chi connectivity index (χ4v) is 3.57. The van der Waals surface area contributed by atoms with E-state index in [2.05, 4.69) is 12.0 Å². The van der Waals surface area contributed by atoms with Gasteiger partial charge < -0.3 is 14.2 Å². The van der Waals surface area contributed by atoms with Gasteiger partial charge in [-0.1, -0.05) is 12.1 Å². The van der Waals surface area contributed by atoms with Gasteiger partial charge in [0.05, 0.1) is 38.4 Å². The summed E-state index contributed by atoms with van der Waals surface area (Å²) in [7, 11) is 4.95. The molecular weight excluding hydrogens is 354 g/mol. The van der Waals surface area contributed by atoms with Gasteiger partial charge in [-0.25, -0.2) is 9.50 Å². The molecule has 0 aliphatic rings. The SMILES string of the molecule is COc1ccc(-c2nc3c(C)c(-c4ccccc4OC)[nH]n3c2C)cc1OC. The number of fused-ring (bicyclic) bond motifs is 1. The number of hydrogen-bond acceptors (Lipinski definition) is 4. The van der Waals surface area contributed by atoms with Crippen molar-refractivity contribution in [3.8, 4) is 39.8 Å². The average molecular weight is 377 g/mol. The summed E-state index contributed by atoms with van der Waals surface area (Å²) in [5.74, 6) is 2.21. The molecule has 0 fully saturated rings. The van der Waals surface area contributed by atoms with Crippen molar-refractivity contribution in [2.75, 3.05) is 21.3 Å². The Balaban J connectivity index is 1.86. The number of rotatable bonds is 5. The molecule has 28 heavy (non-hydrogen) atoms. The normalized spacial score (nSPS) is 11.0. The minimum Gasteiger partial charge on any atom is -0.496 e. The van der Waals surface area contributed by atoms with Crippen molar-refractivity contribution in [1.82, 2.24) is 14.6 Å². The maximum Gasteiger partial charge on any atom is 0.161 e. The van der Waals surface area contributed by atoms with E-state index >= 15 is 0 Å². The van der Waals surface area contributed by atoms with Gasteiger partial charge in [-0.3, -0.25) is 5.10 Å². The lowest BCUT2D eigenvalue weighted by Gasteiger charge is -2.09. The third-order valence-corrected chi connectivity index (χ3v) is 5.07. The Bertz CT molecular complexity index is 1160. The van der Waals surface area contributed by atoms with Crippen molar-refractivity contribution in [2.24, 2.45) is 0 Å². The van der Waals surface area contributed by atoms with E-state index < -0.39 is 0 Å². The summed E-state index contributed by atoms with van der Waals surface area (Å²) in [5, 5.41) is 3.48. The van der Waals surface area contributed by atoms with Crippen LogP contribution in [0.5, 0.6) is 17.2 Å². The second-order valence-corrected chi connectivity index (χ2v) is 6.59. The number of benzene rings is 2. The molecule has 0 saturated heterocycles. The first-order chi connectivity index (χ1) is 13.6. The Morgan fingerprint density at radius 2 is 1.57 bits per heavy atom. The number of aromatic nitrogens is 3. The van der Waals surface area contributed by atoms with Crippen LogP contribution in [-0.2, 0) is 0 Å². The first-order valence-electron chi connectivity index (χ1n) is 9.02. The molecule has 6 heteroatoms. The zero-order chi connectivity index (χ0) is 19.8. The van der Waals surface area contributed by atoms with Crippen LogP contribution in [0.1, 0.15) is 11.3 Å². The van der Waals surface area contributed by atoms with Gasteiger partial charge in [0.1, 0.15) is 5.75 Å². The van der Waals surface area contributed by atoms with Crippen LogP contribution in [0.25, 0.3) is 28.2 Å². The summed E-state index contributed by atoms with van der Waals surface area (Å²) in [6.45, 7) is 4.12. The number of nitrogens with zero attached hydrogens (tertiary/aromatic N) is 2. The largest absolute Gasteiger partial charge is 0.496 e. The van der Waals surface area contributed by atoms with Gasteiger partial charge in [-0.05, 0) is 44.2 Å². The molecule has 0 unspecified atom stereocenters. The summed E-state index contributed by atoms with van der Waals surface area (Å²) in [6, 6.07) is 13.8. The Kier molecular flexibility index (Phi) is 4.47. The lowest BCUT2D eigenvalue weighted by Crippen LogP contribution is -1.93. The zero-order valence-electron chi connectivity index (χ0n) is 16.7. The highest BCUT2D eigenvalue weighted by Crippen LogP contribution is 2.36. The maximum atomic E-state index is 5.52. The highest BCUT2D eigenvalue weighted by Gasteiger charge is 2.20. The van der Waals surface area contributed by atoms with Crippen molar-refractivity contribution in [1.29, 1.82) is 0 Å². The minimum absolute atomic E-state index is 0.683. The summed E-state index contributed by atoms with van der Waals surface area (Å²) in [4.78, 5) is 4.91. The van der Waals surface area contributed by atoms with Crippen LogP contribution in [0, 0.1) is 13.8 Å². The van der Waals surface area contributed by atoms with E-state index in [1.807, 2.05) is 53.9 Å². The quantitative estimate of drug-likeness (QED) is 0.550. The third kappa shape index (κ3) is 2.69. The van der Waals surface area contributed by atoms with Crippen molar-refractivity contribution < 1.29 is 14.2 Å². The van der Waals surface area contributed by atoms with E-state index in [-0.39, 0.29) is 0 Å². The molecule has 4 aromatic rings. The summed E-state index contributed by atoms with van der Waals surface area (Å²) in [6.07, 6.45) is 0. The number of imidazole rings is 1. The molecule has 1 N–H and O–H groups in total. The molecule has 0 atom stereocenters. The topological polar surface area (TPSA) is 60.8 Å². The number of H-pyrrole nitrogens is 1. The summed E-state index contributed by atoms with van der Waals surface area (Å²) in [5.41, 5.74) is 6.88. The van der Waals surface area contributed by atoms with Crippen LogP contribution in [0.15, 0.2) is 42.5 Å². The number of aryl methyl sites for hydroxylation is 2. The Hall–Kier alpha value is -3.41. The van der Waals surface area contributed by atoms with Crippen LogP contribution < -0.4 is 14.2 Å². The number of hydrogen-bond donors (Lipinski definition) is 1. The van der Waals surface area contributed by atoms with Gasteiger partial charge in [-0.2, -0.15) is 0 Å². The molecule has 0 amide bonds. The van der Waals surface area contributed by atoms with Crippen molar-refractivity contribution in [3.63, 3.8) is 0 Å². The number of aromatic amines is 1. The molecule has 2 aromatic heterocycles. The second-order valence-electron chi connectivity index (χ2n) is 6.59. The van der Waals surface area contributed by atoms with Gasteiger partial charge in [-0.15, -0.1) is 0 Å². The number of nitrogens with one attached hydrogen (secondary N) is 1. The monoisotopic (exact) mass is 377 g/mol. The first-order valence-corrected chi connectivity index (χ1v) is 9.02. The van der Waals surface area contributed by atoms with Crippen LogP contribution in [0.4, 0.5) is 0 Å². The maximum absolute atomic E-state index is 5.52. The smallest absolute Gasteiger partial charge is 0.161 e. The molecule has 2 aromatic carbocycles. The molecule has 0 aliphatic carbocycles. The Morgan fingerprint density at radius 3 is 2.25 bits per heavy atom. The van der Waals surface area contributed by atoms with Crippen molar-refractivity contribution in [3.05, 3.63) is 53.7 Å². The average Bonchev–Trinajstić information content (AvgIpc) is 3.24. The molecule has 0 spiro atoms. The fraction of sp³-hybridized carbons (Fsp3) is 0.227. The zero-order valence-corrected chi connectivity index (χ0v) is 16.7. The molecule has 0 radical (unpaired) electrons. The van der Waals surface area contributed by atoms with Crippen LogP contribution in [0.2, 0.25) is 0 Å². The molecule has 0 saturated carbocycles. The number of para-hydroxylation sites is 1. The van der Waals surface area contributed by atoms with Gasteiger partial charge in [0, 0.05) is 16.7 Å². The summed E-state index contributed by atoms with van der Waals surface area (Å²) < 4.78 is 18.3. The fourth-order valence-electron chi connectivity index (χ4n) is 3.57. The Labute approximate surface area is 163 Å². The summed E-state index contributed by atoms with van der Waals surface area (Å²) >= 11 is 0. The van der Waals surface area contributed by atoms with Crippen LogP contribution in [-0.4, -0.2) is 35.9 Å². The lowest BCUT2D eigenvalue weighted by atomic mass is 10.1. The van der Waals surface area contributed by atoms with Gasteiger partial charge in [0.2, 0.25) is 0 Å².